The summed E-state index contributed by atoms with van der Waals surface area (Å²) in [5.74, 6) is -0.446. The van der Waals surface area contributed by atoms with Crippen LogP contribution in [0.3, 0.4) is 0 Å². The van der Waals surface area contributed by atoms with E-state index in [9.17, 15) is 4.79 Å². The van der Waals surface area contributed by atoms with E-state index < -0.39 is 5.97 Å². The minimum absolute atomic E-state index is 0.203. The van der Waals surface area contributed by atoms with Gasteiger partial charge in [0.15, 0.2) is 0 Å². The molecule has 0 rings (SSSR count). The molecular formula is C9H17N3O2. The van der Waals surface area contributed by atoms with E-state index in [1.807, 2.05) is 0 Å². The van der Waals surface area contributed by atoms with E-state index in [1.165, 1.54) is 19.3 Å². The lowest BCUT2D eigenvalue weighted by atomic mass is 10.2. The number of ether oxygens (including phenoxy) is 1. The largest absolute Gasteiger partial charge is 0.466 e. The molecule has 0 N–H and O–H groups in total. The fourth-order valence-electron chi connectivity index (χ4n) is 1.03. The fourth-order valence-corrected chi connectivity index (χ4v) is 1.03. The van der Waals surface area contributed by atoms with Gasteiger partial charge in [-0.05, 0) is 12.0 Å². The summed E-state index contributed by atoms with van der Waals surface area (Å²) < 4.78 is 4.82. The summed E-state index contributed by atoms with van der Waals surface area (Å²) in [5.41, 5.74) is 7.93. The predicted octanol–water partition coefficient (Wildman–Crippen LogP) is 2.81. The van der Waals surface area contributed by atoms with Crippen LogP contribution in [0.1, 0.15) is 39.0 Å². The number of unbranched alkanes of at least 4 members (excludes halogenated alkanes) is 4. The van der Waals surface area contributed by atoms with Crippen LogP contribution in [0.2, 0.25) is 0 Å². The van der Waals surface area contributed by atoms with Crippen molar-refractivity contribution in [2.24, 2.45) is 5.11 Å². The summed E-state index contributed by atoms with van der Waals surface area (Å²) in [6.07, 6.45) is 5.60. The lowest BCUT2D eigenvalue weighted by Gasteiger charge is -2.02. The van der Waals surface area contributed by atoms with Crippen LogP contribution in [-0.2, 0) is 9.53 Å². The zero-order chi connectivity index (χ0) is 10.6. The molecule has 0 heterocycles. The molecule has 5 nitrogen and oxygen atoms in total. The molecule has 0 saturated carbocycles. The molecular weight excluding hydrogens is 182 g/mol. The van der Waals surface area contributed by atoms with Gasteiger partial charge in [0.05, 0.1) is 6.61 Å². The third-order valence-corrected chi connectivity index (χ3v) is 1.77. The van der Waals surface area contributed by atoms with Gasteiger partial charge in [0.25, 0.3) is 0 Å². The van der Waals surface area contributed by atoms with E-state index in [0.29, 0.717) is 6.61 Å². The molecule has 0 aromatic heterocycles. The molecule has 80 valence electrons. The third kappa shape index (κ3) is 8.87. The maximum atomic E-state index is 10.8. The van der Waals surface area contributed by atoms with Gasteiger partial charge >= 0.3 is 5.97 Å². The van der Waals surface area contributed by atoms with Crippen LogP contribution < -0.4 is 0 Å². The highest BCUT2D eigenvalue weighted by atomic mass is 16.5. The molecule has 0 aromatic rings. The number of esters is 1. The van der Waals surface area contributed by atoms with Crippen LogP contribution in [0.5, 0.6) is 0 Å². The first-order valence-electron chi connectivity index (χ1n) is 4.97. The van der Waals surface area contributed by atoms with Crippen molar-refractivity contribution in [2.45, 2.75) is 39.0 Å². The Balaban J connectivity index is 3.18. The molecule has 0 aliphatic rings. The summed E-state index contributed by atoms with van der Waals surface area (Å²) in [7, 11) is 0. The number of azide groups is 1. The molecule has 0 amide bonds. The molecule has 0 unspecified atom stereocenters. The number of rotatable bonds is 8. The van der Waals surface area contributed by atoms with Gasteiger partial charge in [0, 0.05) is 4.91 Å². The number of hydrogen-bond acceptors (Lipinski definition) is 3. The highest BCUT2D eigenvalue weighted by Gasteiger charge is 1.99. The summed E-state index contributed by atoms with van der Waals surface area (Å²) in [5, 5.41) is 3.11. The van der Waals surface area contributed by atoms with Crippen LogP contribution >= 0.6 is 0 Å². The van der Waals surface area contributed by atoms with Crippen LogP contribution in [-0.4, -0.2) is 19.1 Å². The molecule has 0 spiro atoms. The first-order valence-corrected chi connectivity index (χ1v) is 4.97. The standard InChI is InChI=1S/C9H17N3O2/c1-2-3-4-5-6-7-14-9(13)8-11-12-10/h2-8H2,1H3. The molecule has 0 bridgehead atoms. The third-order valence-electron chi connectivity index (χ3n) is 1.77. The Labute approximate surface area is 84.1 Å². The zero-order valence-corrected chi connectivity index (χ0v) is 8.61. The van der Waals surface area contributed by atoms with E-state index in [4.69, 9.17) is 10.3 Å². The second-order valence-corrected chi connectivity index (χ2v) is 3.02. The van der Waals surface area contributed by atoms with Crippen molar-refractivity contribution in [3.05, 3.63) is 10.4 Å². The van der Waals surface area contributed by atoms with Crippen molar-refractivity contribution < 1.29 is 9.53 Å². The highest BCUT2D eigenvalue weighted by Crippen LogP contribution is 2.02. The molecule has 0 radical (unpaired) electrons. The van der Waals surface area contributed by atoms with Crippen molar-refractivity contribution in [3.63, 3.8) is 0 Å². The molecule has 0 aliphatic carbocycles. The van der Waals surface area contributed by atoms with Gasteiger partial charge < -0.3 is 4.74 Å². The van der Waals surface area contributed by atoms with E-state index in [0.717, 1.165) is 12.8 Å². The Morgan fingerprint density at radius 1 is 1.36 bits per heavy atom. The molecule has 14 heavy (non-hydrogen) atoms. The van der Waals surface area contributed by atoms with Crippen molar-refractivity contribution in [1.29, 1.82) is 0 Å². The minimum atomic E-state index is -0.446. The Hall–Kier alpha value is -1.22. The summed E-state index contributed by atoms with van der Waals surface area (Å²) in [6.45, 7) is 2.38. The van der Waals surface area contributed by atoms with Crippen LogP contribution in [0.15, 0.2) is 5.11 Å². The van der Waals surface area contributed by atoms with E-state index in [2.05, 4.69) is 16.9 Å². The molecule has 0 aromatic carbocycles. The van der Waals surface area contributed by atoms with Crippen molar-refractivity contribution in [2.75, 3.05) is 13.2 Å². The molecule has 5 heteroatoms. The quantitative estimate of drug-likeness (QED) is 0.198. The number of nitrogens with zero attached hydrogens (tertiary/aromatic N) is 3. The smallest absolute Gasteiger partial charge is 0.311 e. The summed E-state index contributed by atoms with van der Waals surface area (Å²) in [4.78, 5) is 13.3. The number of carbonyl (C=O) groups is 1. The Kier molecular flexibility index (Phi) is 9.01. The van der Waals surface area contributed by atoms with Crippen LogP contribution in [0.4, 0.5) is 0 Å². The van der Waals surface area contributed by atoms with Crippen molar-refractivity contribution >= 4 is 5.97 Å². The molecule has 0 atom stereocenters. The van der Waals surface area contributed by atoms with Gasteiger partial charge in [-0.2, -0.15) is 0 Å². The van der Waals surface area contributed by atoms with Gasteiger partial charge in [0.2, 0.25) is 0 Å². The number of carbonyl (C=O) groups excluding carboxylic acids is 1. The van der Waals surface area contributed by atoms with Gasteiger partial charge in [-0.3, -0.25) is 4.79 Å². The van der Waals surface area contributed by atoms with E-state index in [1.54, 1.807) is 0 Å². The second-order valence-electron chi connectivity index (χ2n) is 3.02. The Morgan fingerprint density at radius 3 is 2.71 bits per heavy atom. The second kappa shape index (κ2) is 9.86. The SMILES string of the molecule is CCCCCCCOC(=O)CN=[N+]=[N-]. The van der Waals surface area contributed by atoms with Gasteiger partial charge in [-0.15, -0.1) is 0 Å². The average molecular weight is 199 g/mol. The highest BCUT2D eigenvalue weighted by molar-refractivity contribution is 5.71. The zero-order valence-electron chi connectivity index (χ0n) is 8.61. The summed E-state index contributed by atoms with van der Waals surface area (Å²) in [6, 6.07) is 0. The van der Waals surface area contributed by atoms with Gasteiger partial charge in [-0.1, -0.05) is 37.7 Å². The predicted molar refractivity (Wildman–Crippen MR) is 53.7 cm³/mol. The molecule has 0 fully saturated rings. The normalized spacial score (nSPS) is 9.21. The molecule has 0 aliphatic heterocycles. The van der Waals surface area contributed by atoms with Gasteiger partial charge in [0.1, 0.15) is 6.54 Å². The van der Waals surface area contributed by atoms with E-state index in [-0.39, 0.29) is 6.54 Å². The average Bonchev–Trinajstić information content (AvgIpc) is 2.20. The molecule has 0 saturated heterocycles. The maximum absolute atomic E-state index is 10.8. The Bertz CT molecular complexity index is 200. The topological polar surface area (TPSA) is 75.1 Å². The Morgan fingerprint density at radius 2 is 2.07 bits per heavy atom. The monoisotopic (exact) mass is 199 g/mol. The lowest BCUT2D eigenvalue weighted by molar-refractivity contribution is -0.141. The van der Waals surface area contributed by atoms with Crippen molar-refractivity contribution in [1.82, 2.24) is 0 Å². The fraction of sp³-hybridized carbons (Fsp3) is 0.889. The minimum Gasteiger partial charge on any atom is -0.466 e. The number of hydrogen-bond donors (Lipinski definition) is 0. The first-order chi connectivity index (χ1) is 6.81. The van der Waals surface area contributed by atoms with Crippen LogP contribution in [0, 0.1) is 0 Å². The van der Waals surface area contributed by atoms with Crippen molar-refractivity contribution in [3.8, 4) is 0 Å². The maximum Gasteiger partial charge on any atom is 0.311 e. The van der Waals surface area contributed by atoms with Crippen LogP contribution in [0.25, 0.3) is 10.4 Å². The first kappa shape index (κ1) is 12.8. The lowest BCUT2D eigenvalue weighted by Crippen LogP contribution is -2.08. The summed E-state index contributed by atoms with van der Waals surface area (Å²) >= 11 is 0. The van der Waals surface area contributed by atoms with Gasteiger partial charge in [-0.25, -0.2) is 0 Å². The van der Waals surface area contributed by atoms with E-state index >= 15 is 0 Å².